The third-order valence-corrected chi connectivity index (χ3v) is 5.31. The fraction of sp³-hybridized carbons (Fsp3) is 0.160. The number of carbonyl (C=O) groups excluding carboxylic acids is 3. The van der Waals surface area contributed by atoms with E-state index in [9.17, 15) is 18.8 Å². The van der Waals surface area contributed by atoms with Gasteiger partial charge in [0.1, 0.15) is 12.4 Å². The van der Waals surface area contributed by atoms with E-state index in [0.29, 0.717) is 16.8 Å². The lowest BCUT2D eigenvalue weighted by Crippen LogP contribution is -2.42. The molecule has 0 aliphatic carbocycles. The third kappa shape index (κ3) is 7.54. The summed E-state index contributed by atoms with van der Waals surface area (Å²) in [7, 11) is 0. The van der Waals surface area contributed by atoms with Gasteiger partial charge in [0.25, 0.3) is 5.91 Å². The average molecular weight is 512 g/mol. The number of anilines is 1. The molecule has 3 aromatic rings. The van der Waals surface area contributed by atoms with Crippen molar-refractivity contribution in [2.45, 2.75) is 13.5 Å². The molecule has 0 aromatic heterocycles. The van der Waals surface area contributed by atoms with Crippen molar-refractivity contribution in [3.05, 3.63) is 99.8 Å². The summed E-state index contributed by atoms with van der Waals surface area (Å²) in [6.45, 7) is 1.56. The molecule has 0 heterocycles. The van der Waals surface area contributed by atoms with E-state index < -0.39 is 5.91 Å². The molecule has 0 saturated heterocycles. The first-order valence-electron chi connectivity index (χ1n) is 10.2. The molecule has 6 nitrogen and oxygen atoms in total. The molecule has 0 bridgehead atoms. The Morgan fingerprint density at radius 1 is 0.879 bits per heavy atom. The Kier molecular flexibility index (Phi) is 8.32. The Bertz CT molecular complexity index is 1120. The molecule has 3 aromatic carbocycles. The maximum absolute atomic E-state index is 13.3. The van der Waals surface area contributed by atoms with Crippen LogP contribution in [0.1, 0.15) is 21.5 Å². The van der Waals surface area contributed by atoms with Gasteiger partial charge in [-0.05, 0) is 61.0 Å². The molecule has 8 heteroatoms. The van der Waals surface area contributed by atoms with Gasteiger partial charge in [-0.25, -0.2) is 4.39 Å². The highest BCUT2D eigenvalue weighted by molar-refractivity contribution is 9.10. The van der Waals surface area contributed by atoms with Gasteiger partial charge in [-0.1, -0.05) is 45.8 Å². The second-order valence-electron chi connectivity index (χ2n) is 7.49. The number of amides is 3. The first-order chi connectivity index (χ1) is 15.8. The van der Waals surface area contributed by atoms with Crippen LogP contribution in [0.15, 0.2) is 77.3 Å². The SMILES string of the molecule is Cc1ccc(NC(=O)CNC(=O)CN(Cc2ccc(F)cc2)C(=O)c2ccc(Br)cc2)cc1. The average Bonchev–Trinajstić information content (AvgIpc) is 2.80. The van der Waals surface area contributed by atoms with Gasteiger partial charge in [0.2, 0.25) is 11.8 Å². The van der Waals surface area contributed by atoms with Crippen molar-refractivity contribution in [2.75, 3.05) is 18.4 Å². The van der Waals surface area contributed by atoms with Crippen LogP contribution in [0.5, 0.6) is 0 Å². The van der Waals surface area contributed by atoms with Crippen molar-refractivity contribution in [3.63, 3.8) is 0 Å². The normalized spacial score (nSPS) is 10.4. The van der Waals surface area contributed by atoms with Gasteiger partial charge in [0.05, 0.1) is 6.54 Å². The molecular weight excluding hydrogens is 489 g/mol. The minimum Gasteiger partial charge on any atom is -0.345 e. The Labute approximate surface area is 199 Å². The Hall–Kier alpha value is -3.52. The molecule has 0 aliphatic heterocycles. The highest BCUT2D eigenvalue weighted by atomic mass is 79.9. The third-order valence-electron chi connectivity index (χ3n) is 4.78. The lowest BCUT2D eigenvalue weighted by atomic mass is 10.1. The molecule has 33 heavy (non-hydrogen) atoms. The minimum atomic E-state index is -0.485. The van der Waals surface area contributed by atoms with Gasteiger partial charge >= 0.3 is 0 Å². The molecular formula is C25H23BrFN3O3. The summed E-state index contributed by atoms with van der Waals surface area (Å²) in [6.07, 6.45) is 0. The van der Waals surface area contributed by atoms with Gasteiger partial charge < -0.3 is 15.5 Å². The van der Waals surface area contributed by atoms with E-state index in [1.54, 1.807) is 48.5 Å². The zero-order chi connectivity index (χ0) is 23.8. The molecule has 0 aliphatic rings. The second-order valence-corrected chi connectivity index (χ2v) is 8.40. The zero-order valence-electron chi connectivity index (χ0n) is 18.0. The van der Waals surface area contributed by atoms with E-state index in [0.717, 1.165) is 10.0 Å². The number of halogens is 2. The van der Waals surface area contributed by atoms with E-state index in [-0.39, 0.29) is 37.3 Å². The van der Waals surface area contributed by atoms with Crippen LogP contribution in [0.2, 0.25) is 0 Å². The number of hydrogen-bond acceptors (Lipinski definition) is 3. The first-order valence-corrected chi connectivity index (χ1v) is 11.0. The van der Waals surface area contributed by atoms with Gasteiger partial charge in [0.15, 0.2) is 0 Å². The number of carbonyl (C=O) groups is 3. The smallest absolute Gasteiger partial charge is 0.254 e. The lowest BCUT2D eigenvalue weighted by Gasteiger charge is -2.22. The van der Waals surface area contributed by atoms with Crippen LogP contribution in [-0.2, 0) is 16.1 Å². The van der Waals surface area contributed by atoms with Crippen molar-refractivity contribution < 1.29 is 18.8 Å². The molecule has 3 rings (SSSR count). The largest absolute Gasteiger partial charge is 0.345 e. The molecule has 0 saturated carbocycles. The van der Waals surface area contributed by atoms with E-state index in [2.05, 4.69) is 26.6 Å². The van der Waals surface area contributed by atoms with Gasteiger partial charge in [0, 0.05) is 22.3 Å². The van der Waals surface area contributed by atoms with E-state index in [1.807, 2.05) is 19.1 Å². The van der Waals surface area contributed by atoms with Crippen LogP contribution >= 0.6 is 15.9 Å². The van der Waals surface area contributed by atoms with Crippen molar-refractivity contribution in [1.29, 1.82) is 0 Å². The number of benzene rings is 3. The lowest BCUT2D eigenvalue weighted by molar-refractivity contribution is -0.124. The summed E-state index contributed by atoms with van der Waals surface area (Å²) in [4.78, 5) is 39.1. The Morgan fingerprint density at radius 3 is 2.15 bits per heavy atom. The molecule has 170 valence electrons. The molecule has 0 atom stereocenters. The van der Waals surface area contributed by atoms with Crippen LogP contribution in [0.25, 0.3) is 0 Å². The van der Waals surface area contributed by atoms with Crippen molar-refractivity contribution in [2.24, 2.45) is 0 Å². The number of hydrogen-bond donors (Lipinski definition) is 2. The summed E-state index contributed by atoms with van der Waals surface area (Å²) < 4.78 is 14.1. The van der Waals surface area contributed by atoms with Gasteiger partial charge in [-0.15, -0.1) is 0 Å². The molecule has 3 amide bonds. The predicted molar refractivity (Wildman–Crippen MR) is 128 cm³/mol. The van der Waals surface area contributed by atoms with Crippen LogP contribution in [0, 0.1) is 12.7 Å². The maximum atomic E-state index is 13.3. The number of aryl methyl sites for hydroxylation is 1. The summed E-state index contributed by atoms with van der Waals surface area (Å²) >= 11 is 3.33. The second kappa shape index (κ2) is 11.4. The van der Waals surface area contributed by atoms with Gasteiger partial charge in [-0.3, -0.25) is 14.4 Å². The molecule has 0 radical (unpaired) electrons. The molecule has 0 unspecified atom stereocenters. The predicted octanol–water partition coefficient (Wildman–Crippen LogP) is 4.29. The first kappa shape index (κ1) is 24.1. The summed E-state index contributed by atoms with van der Waals surface area (Å²) in [6, 6.07) is 19.8. The zero-order valence-corrected chi connectivity index (χ0v) is 19.6. The number of rotatable bonds is 8. The molecule has 2 N–H and O–H groups in total. The van der Waals surface area contributed by atoms with Crippen LogP contribution in [0.3, 0.4) is 0 Å². The highest BCUT2D eigenvalue weighted by Crippen LogP contribution is 2.15. The van der Waals surface area contributed by atoms with Crippen LogP contribution < -0.4 is 10.6 Å². The summed E-state index contributed by atoms with van der Waals surface area (Å²) in [5.41, 5.74) is 2.78. The van der Waals surface area contributed by atoms with Crippen molar-refractivity contribution >= 4 is 39.3 Å². The fourth-order valence-electron chi connectivity index (χ4n) is 3.03. The monoisotopic (exact) mass is 511 g/mol. The Balaban J connectivity index is 1.63. The van der Waals surface area contributed by atoms with Gasteiger partial charge in [-0.2, -0.15) is 0 Å². The van der Waals surface area contributed by atoms with E-state index in [1.165, 1.54) is 17.0 Å². The Morgan fingerprint density at radius 2 is 1.52 bits per heavy atom. The van der Waals surface area contributed by atoms with E-state index in [4.69, 9.17) is 0 Å². The summed E-state index contributed by atoms with van der Waals surface area (Å²) in [5.74, 6) is -1.61. The maximum Gasteiger partial charge on any atom is 0.254 e. The molecule has 0 fully saturated rings. The van der Waals surface area contributed by atoms with Crippen LogP contribution in [-0.4, -0.2) is 35.7 Å². The quantitative estimate of drug-likeness (QED) is 0.473. The standard InChI is InChI=1S/C25H23BrFN3O3/c1-17-2-12-22(13-3-17)29-23(31)14-28-24(32)16-30(15-18-4-10-21(27)11-5-18)25(33)19-6-8-20(26)9-7-19/h2-13H,14-16H2,1H3,(H,28,32)(H,29,31). The van der Waals surface area contributed by atoms with Crippen LogP contribution in [0.4, 0.5) is 10.1 Å². The number of nitrogens with zero attached hydrogens (tertiary/aromatic N) is 1. The minimum absolute atomic E-state index is 0.109. The summed E-state index contributed by atoms with van der Waals surface area (Å²) in [5, 5.41) is 5.25. The van der Waals surface area contributed by atoms with Crippen molar-refractivity contribution in [1.82, 2.24) is 10.2 Å². The fourth-order valence-corrected chi connectivity index (χ4v) is 3.30. The highest BCUT2D eigenvalue weighted by Gasteiger charge is 2.20. The van der Waals surface area contributed by atoms with Crippen molar-refractivity contribution in [3.8, 4) is 0 Å². The number of nitrogens with one attached hydrogen (secondary N) is 2. The topological polar surface area (TPSA) is 78.5 Å². The van der Waals surface area contributed by atoms with E-state index >= 15 is 0 Å². The molecule has 0 spiro atoms.